The maximum Gasteiger partial charge on any atom is 0.313 e. The molecule has 0 unspecified atom stereocenters. The molecule has 1 heterocycles. The molecule has 0 aliphatic carbocycles. The Bertz CT molecular complexity index is 395. The van der Waals surface area contributed by atoms with E-state index in [1.54, 1.807) is 6.92 Å². The number of nitrogens with zero attached hydrogens (tertiary/aromatic N) is 4. The third-order valence-corrected chi connectivity index (χ3v) is 2.60. The fourth-order valence-corrected chi connectivity index (χ4v) is 1.62. The van der Waals surface area contributed by atoms with E-state index in [9.17, 15) is 9.59 Å². The first kappa shape index (κ1) is 13.4. The Labute approximate surface area is 101 Å². The highest BCUT2D eigenvalue weighted by Gasteiger charge is 2.10. The number of ether oxygens (including phenoxy) is 1. The molecule has 0 atom stereocenters. The number of carboxylic acid groups (broad SMARTS) is 1. The average Bonchev–Trinajstić information content (AvgIpc) is 2.71. The van der Waals surface area contributed by atoms with E-state index in [1.165, 1.54) is 4.68 Å². The van der Waals surface area contributed by atoms with Crippen LogP contribution in [0.5, 0.6) is 0 Å². The van der Waals surface area contributed by atoms with Crippen molar-refractivity contribution in [3.8, 4) is 0 Å². The van der Waals surface area contributed by atoms with Crippen LogP contribution in [-0.4, -0.2) is 49.6 Å². The lowest BCUT2D eigenvalue weighted by Crippen LogP contribution is -2.11. The molecule has 17 heavy (non-hydrogen) atoms. The average molecular weight is 260 g/mol. The number of aryl methyl sites for hydroxylation is 1. The monoisotopic (exact) mass is 260 g/mol. The first-order valence-electron chi connectivity index (χ1n) is 4.90. The van der Waals surface area contributed by atoms with E-state index in [4.69, 9.17) is 9.84 Å². The zero-order valence-corrected chi connectivity index (χ0v) is 10.0. The second-order valence-electron chi connectivity index (χ2n) is 2.92. The Morgan fingerprint density at radius 1 is 1.53 bits per heavy atom. The van der Waals surface area contributed by atoms with Gasteiger partial charge in [0.15, 0.2) is 0 Å². The molecule has 0 bridgehead atoms. The van der Waals surface area contributed by atoms with E-state index in [0.29, 0.717) is 11.8 Å². The fraction of sp³-hybridized carbons (Fsp3) is 0.625. The number of tetrazole rings is 1. The molecule has 0 spiro atoms. The van der Waals surface area contributed by atoms with Crippen LogP contribution in [0, 0.1) is 0 Å². The van der Waals surface area contributed by atoms with Crippen LogP contribution in [0.25, 0.3) is 0 Å². The molecule has 0 saturated heterocycles. The van der Waals surface area contributed by atoms with Gasteiger partial charge in [0.2, 0.25) is 5.16 Å². The van der Waals surface area contributed by atoms with Crippen molar-refractivity contribution in [3.63, 3.8) is 0 Å². The zero-order valence-electron chi connectivity index (χ0n) is 9.20. The van der Waals surface area contributed by atoms with Crippen LogP contribution in [-0.2, 0) is 20.9 Å². The quantitative estimate of drug-likeness (QED) is 0.530. The number of aromatic nitrogens is 4. The lowest BCUT2D eigenvalue weighted by atomic mass is 10.4. The highest BCUT2D eigenvalue weighted by molar-refractivity contribution is 7.99. The topological polar surface area (TPSA) is 107 Å². The predicted molar refractivity (Wildman–Crippen MR) is 57.4 cm³/mol. The van der Waals surface area contributed by atoms with Gasteiger partial charge in [-0.2, -0.15) is 0 Å². The van der Waals surface area contributed by atoms with Crippen LogP contribution >= 0.6 is 11.8 Å². The van der Waals surface area contributed by atoms with Crippen molar-refractivity contribution >= 4 is 23.7 Å². The van der Waals surface area contributed by atoms with E-state index < -0.39 is 5.97 Å². The minimum Gasteiger partial charge on any atom is -0.481 e. The summed E-state index contributed by atoms with van der Waals surface area (Å²) in [6, 6.07) is 0. The van der Waals surface area contributed by atoms with Crippen molar-refractivity contribution in [2.24, 2.45) is 0 Å². The number of hydrogen-bond donors (Lipinski definition) is 1. The van der Waals surface area contributed by atoms with Crippen molar-refractivity contribution < 1.29 is 19.4 Å². The zero-order chi connectivity index (χ0) is 12.7. The van der Waals surface area contributed by atoms with Crippen molar-refractivity contribution in [1.29, 1.82) is 0 Å². The van der Waals surface area contributed by atoms with E-state index in [0.717, 1.165) is 11.8 Å². The molecule has 0 aliphatic heterocycles. The molecule has 1 aromatic heterocycles. The molecule has 94 valence electrons. The number of esters is 1. The summed E-state index contributed by atoms with van der Waals surface area (Å²) < 4.78 is 6.14. The number of hydrogen-bond acceptors (Lipinski definition) is 7. The van der Waals surface area contributed by atoms with Gasteiger partial charge in [-0.15, -0.1) is 5.10 Å². The van der Waals surface area contributed by atoms with E-state index in [-0.39, 0.29) is 24.7 Å². The molecule has 0 aromatic carbocycles. The summed E-state index contributed by atoms with van der Waals surface area (Å²) in [5.74, 6) is -1.41. The lowest BCUT2D eigenvalue weighted by Gasteiger charge is -2.03. The summed E-state index contributed by atoms with van der Waals surface area (Å²) in [5, 5.41) is 19.6. The number of aliphatic carboxylic acids is 1. The third-order valence-electron chi connectivity index (χ3n) is 1.66. The Kier molecular flexibility index (Phi) is 5.40. The molecular weight excluding hydrogens is 248 g/mol. The van der Waals surface area contributed by atoms with Crippen LogP contribution in [0.15, 0.2) is 5.16 Å². The smallest absolute Gasteiger partial charge is 0.313 e. The van der Waals surface area contributed by atoms with Crippen LogP contribution < -0.4 is 0 Å². The maximum absolute atomic E-state index is 11.1. The van der Waals surface area contributed by atoms with Crippen LogP contribution in [0.3, 0.4) is 0 Å². The number of thioether (sulfide) groups is 1. The second kappa shape index (κ2) is 6.84. The van der Waals surface area contributed by atoms with Crippen molar-refractivity contribution in [2.75, 3.05) is 12.4 Å². The molecule has 9 heteroatoms. The minimum atomic E-state index is -0.949. The summed E-state index contributed by atoms with van der Waals surface area (Å²) in [7, 11) is 0. The number of carbonyl (C=O) groups excluding carboxylic acids is 1. The number of carboxylic acids is 1. The Morgan fingerprint density at radius 2 is 2.29 bits per heavy atom. The normalized spacial score (nSPS) is 10.2. The standard InChI is InChI=1S/C8H12N4O4S/c1-2-16-7(15)3-4-12-8(9-10-11-12)17-5-6(13)14/h2-5H2,1H3,(H,13,14). The largest absolute Gasteiger partial charge is 0.481 e. The highest BCUT2D eigenvalue weighted by Crippen LogP contribution is 2.13. The molecule has 0 radical (unpaired) electrons. The van der Waals surface area contributed by atoms with Crippen LogP contribution in [0.1, 0.15) is 13.3 Å². The van der Waals surface area contributed by atoms with E-state index in [2.05, 4.69) is 15.5 Å². The van der Waals surface area contributed by atoms with Gasteiger partial charge in [0.25, 0.3) is 0 Å². The Hall–Kier alpha value is -1.64. The first-order chi connectivity index (χ1) is 8.13. The SMILES string of the molecule is CCOC(=O)CCn1nnnc1SCC(=O)O. The summed E-state index contributed by atoms with van der Waals surface area (Å²) in [6.45, 7) is 2.33. The number of carbonyl (C=O) groups is 2. The first-order valence-corrected chi connectivity index (χ1v) is 5.88. The van der Waals surface area contributed by atoms with Crippen LogP contribution in [0.4, 0.5) is 0 Å². The van der Waals surface area contributed by atoms with E-state index in [1.807, 2.05) is 0 Å². The molecule has 1 rings (SSSR count). The Balaban J connectivity index is 2.45. The molecule has 8 nitrogen and oxygen atoms in total. The Morgan fingerprint density at radius 3 is 2.94 bits per heavy atom. The molecule has 1 aromatic rings. The summed E-state index contributed by atoms with van der Waals surface area (Å²) in [4.78, 5) is 21.5. The van der Waals surface area contributed by atoms with Gasteiger partial charge in [0.1, 0.15) is 0 Å². The third kappa shape index (κ3) is 4.81. The van der Waals surface area contributed by atoms with Gasteiger partial charge < -0.3 is 9.84 Å². The van der Waals surface area contributed by atoms with Gasteiger partial charge >= 0.3 is 11.9 Å². The molecular formula is C8H12N4O4S. The lowest BCUT2D eigenvalue weighted by molar-refractivity contribution is -0.143. The van der Waals surface area contributed by atoms with Crippen molar-refractivity contribution in [3.05, 3.63) is 0 Å². The summed E-state index contributed by atoms with van der Waals surface area (Å²) in [5.41, 5.74) is 0. The number of rotatable bonds is 7. The molecule has 1 N–H and O–H groups in total. The van der Waals surface area contributed by atoms with Gasteiger partial charge in [-0.25, -0.2) is 4.68 Å². The molecule has 0 saturated carbocycles. The van der Waals surface area contributed by atoms with Crippen molar-refractivity contribution in [2.45, 2.75) is 25.0 Å². The fourth-order valence-electron chi connectivity index (χ4n) is 0.997. The van der Waals surface area contributed by atoms with Gasteiger partial charge in [-0.3, -0.25) is 9.59 Å². The predicted octanol–water partition coefficient (Wildman–Crippen LogP) is -0.197. The second-order valence-corrected chi connectivity index (χ2v) is 3.86. The molecule has 0 aliphatic rings. The highest BCUT2D eigenvalue weighted by atomic mass is 32.2. The van der Waals surface area contributed by atoms with Gasteiger partial charge in [-0.1, -0.05) is 11.8 Å². The van der Waals surface area contributed by atoms with Gasteiger partial charge in [-0.05, 0) is 17.4 Å². The van der Waals surface area contributed by atoms with Crippen molar-refractivity contribution in [1.82, 2.24) is 20.2 Å². The van der Waals surface area contributed by atoms with Gasteiger partial charge in [0, 0.05) is 0 Å². The maximum atomic E-state index is 11.1. The summed E-state index contributed by atoms with van der Waals surface area (Å²) >= 11 is 1.00. The molecule has 0 amide bonds. The summed E-state index contributed by atoms with van der Waals surface area (Å²) in [6.07, 6.45) is 0.152. The van der Waals surface area contributed by atoms with Crippen LogP contribution in [0.2, 0.25) is 0 Å². The minimum absolute atomic E-state index is 0.125. The van der Waals surface area contributed by atoms with E-state index >= 15 is 0 Å². The molecule has 0 fully saturated rings. The van der Waals surface area contributed by atoms with Gasteiger partial charge in [0.05, 0.1) is 25.3 Å².